The summed E-state index contributed by atoms with van der Waals surface area (Å²) >= 11 is 0. The molecule has 1 amide bonds. The van der Waals surface area contributed by atoms with Crippen molar-refractivity contribution in [1.29, 1.82) is 0 Å². The van der Waals surface area contributed by atoms with Gasteiger partial charge in [0.25, 0.3) is 0 Å². The predicted molar refractivity (Wildman–Crippen MR) is 74.7 cm³/mol. The molecule has 0 spiro atoms. The van der Waals surface area contributed by atoms with E-state index < -0.39 is 0 Å². The number of aliphatic hydroxyl groups excluding tert-OH is 1. The Morgan fingerprint density at radius 3 is 2.79 bits per heavy atom. The van der Waals surface area contributed by atoms with E-state index in [0.29, 0.717) is 25.0 Å². The largest absolute Gasteiger partial charge is 0.396 e. The highest BCUT2D eigenvalue weighted by Gasteiger charge is 2.21. The predicted octanol–water partition coefficient (Wildman–Crippen LogP) is 2.00. The van der Waals surface area contributed by atoms with E-state index in [1.165, 1.54) is 5.56 Å². The second kappa shape index (κ2) is 7.34. The summed E-state index contributed by atoms with van der Waals surface area (Å²) in [6, 6.07) is 2.35. The molecule has 0 radical (unpaired) electrons. The molecule has 0 bridgehead atoms. The number of aromatic nitrogens is 1. The Morgan fingerprint density at radius 2 is 2.16 bits per heavy atom. The van der Waals surface area contributed by atoms with Crippen molar-refractivity contribution in [1.82, 2.24) is 10.3 Å². The molecule has 1 aliphatic rings. The minimum atomic E-state index is 0.159. The third kappa shape index (κ3) is 4.71. The normalized spacial score (nSPS) is 23.2. The van der Waals surface area contributed by atoms with Gasteiger partial charge in [-0.15, -0.1) is 0 Å². The molecule has 19 heavy (non-hydrogen) atoms. The summed E-state index contributed by atoms with van der Waals surface area (Å²) in [7, 11) is 0. The molecule has 4 nitrogen and oxygen atoms in total. The Morgan fingerprint density at radius 1 is 1.37 bits per heavy atom. The number of H-pyrrole nitrogens is 1. The molecule has 1 fully saturated rings. The summed E-state index contributed by atoms with van der Waals surface area (Å²) in [5.41, 5.74) is 1.18. The fourth-order valence-electron chi connectivity index (χ4n) is 2.85. The highest BCUT2D eigenvalue weighted by atomic mass is 16.3. The van der Waals surface area contributed by atoms with E-state index in [-0.39, 0.29) is 5.91 Å². The van der Waals surface area contributed by atoms with Crippen LogP contribution in [0.5, 0.6) is 0 Å². The fourth-order valence-corrected chi connectivity index (χ4v) is 2.85. The minimum absolute atomic E-state index is 0.159. The molecule has 106 valence electrons. The Bertz CT molecular complexity index is 368. The van der Waals surface area contributed by atoms with Gasteiger partial charge in [-0.05, 0) is 56.1 Å². The van der Waals surface area contributed by atoms with Gasteiger partial charge in [-0.3, -0.25) is 4.79 Å². The quantitative estimate of drug-likeness (QED) is 0.736. The van der Waals surface area contributed by atoms with Gasteiger partial charge in [0.15, 0.2) is 0 Å². The summed E-state index contributed by atoms with van der Waals surface area (Å²) in [6.07, 6.45) is 10.5. The summed E-state index contributed by atoms with van der Waals surface area (Å²) < 4.78 is 0. The smallest absolute Gasteiger partial charge is 0.220 e. The van der Waals surface area contributed by atoms with E-state index in [2.05, 4.69) is 10.3 Å². The van der Waals surface area contributed by atoms with Crippen LogP contribution in [0, 0.1) is 5.92 Å². The lowest BCUT2D eigenvalue weighted by atomic mass is 9.84. The van der Waals surface area contributed by atoms with Gasteiger partial charge in [0, 0.05) is 31.5 Å². The van der Waals surface area contributed by atoms with E-state index in [0.717, 1.165) is 38.5 Å². The summed E-state index contributed by atoms with van der Waals surface area (Å²) in [4.78, 5) is 14.9. The molecule has 0 saturated heterocycles. The van der Waals surface area contributed by atoms with Crippen molar-refractivity contribution in [3.05, 3.63) is 24.0 Å². The van der Waals surface area contributed by atoms with E-state index in [1.54, 1.807) is 0 Å². The molecule has 1 aromatic rings. The maximum absolute atomic E-state index is 11.9. The molecule has 4 heteroatoms. The lowest BCUT2D eigenvalue weighted by molar-refractivity contribution is -0.122. The third-order valence-corrected chi connectivity index (χ3v) is 4.05. The molecule has 0 aromatic carbocycles. The Labute approximate surface area is 114 Å². The molecule has 1 aliphatic carbocycles. The first kappa shape index (κ1) is 14.1. The van der Waals surface area contributed by atoms with E-state index in [4.69, 9.17) is 5.11 Å². The average Bonchev–Trinajstić information content (AvgIpc) is 2.92. The van der Waals surface area contributed by atoms with Gasteiger partial charge in [-0.2, -0.15) is 0 Å². The van der Waals surface area contributed by atoms with Gasteiger partial charge in [-0.1, -0.05) is 0 Å². The number of aromatic amines is 1. The van der Waals surface area contributed by atoms with Crippen molar-refractivity contribution >= 4 is 5.91 Å². The number of hydrogen-bond donors (Lipinski definition) is 3. The summed E-state index contributed by atoms with van der Waals surface area (Å²) in [5.74, 6) is 0.810. The zero-order chi connectivity index (χ0) is 13.5. The Hall–Kier alpha value is -1.29. The number of hydrogen-bond acceptors (Lipinski definition) is 2. The zero-order valence-corrected chi connectivity index (χ0v) is 11.4. The summed E-state index contributed by atoms with van der Waals surface area (Å²) in [6.45, 7) is 0.290. The first-order chi connectivity index (χ1) is 9.28. The molecule has 1 aromatic heterocycles. The Balaban J connectivity index is 1.63. The molecule has 1 saturated carbocycles. The van der Waals surface area contributed by atoms with Crippen molar-refractivity contribution in [3.63, 3.8) is 0 Å². The highest BCUT2D eigenvalue weighted by molar-refractivity contribution is 5.76. The van der Waals surface area contributed by atoms with Crippen molar-refractivity contribution in [3.8, 4) is 0 Å². The van der Waals surface area contributed by atoms with Crippen molar-refractivity contribution < 1.29 is 9.90 Å². The SMILES string of the molecule is O=C(CCc1cc[nH]c1)NC1CCC(CCO)CC1. The van der Waals surface area contributed by atoms with Crippen LogP contribution < -0.4 is 5.32 Å². The topological polar surface area (TPSA) is 65.1 Å². The van der Waals surface area contributed by atoms with Gasteiger partial charge < -0.3 is 15.4 Å². The molecular weight excluding hydrogens is 240 g/mol. The van der Waals surface area contributed by atoms with E-state index in [1.807, 2.05) is 18.5 Å². The standard InChI is InChI=1S/C15H24N2O2/c18-10-8-12-1-4-14(5-2-12)17-15(19)6-3-13-7-9-16-11-13/h7,9,11-12,14,16,18H,1-6,8,10H2,(H,17,19). The zero-order valence-electron chi connectivity index (χ0n) is 11.4. The van der Waals surface area contributed by atoms with Crippen molar-refractivity contribution in [2.24, 2.45) is 5.92 Å². The van der Waals surface area contributed by atoms with Gasteiger partial charge in [0.2, 0.25) is 5.91 Å². The van der Waals surface area contributed by atoms with Crippen LogP contribution in [0.2, 0.25) is 0 Å². The average molecular weight is 264 g/mol. The van der Waals surface area contributed by atoms with Crippen LogP contribution >= 0.6 is 0 Å². The van der Waals surface area contributed by atoms with Crippen LogP contribution in [0.15, 0.2) is 18.5 Å². The number of carbonyl (C=O) groups excluding carboxylic acids is 1. The second-order valence-corrected chi connectivity index (χ2v) is 5.52. The fraction of sp³-hybridized carbons (Fsp3) is 0.667. The highest BCUT2D eigenvalue weighted by Crippen LogP contribution is 2.26. The van der Waals surface area contributed by atoms with Crippen LogP contribution in [0.3, 0.4) is 0 Å². The molecule has 0 aliphatic heterocycles. The van der Waals surface area contributed by atoms with Crippen LogP contribution in [0.4, 0.5) is 0 Å². The molecule has 3 N–H and O–H groups in total. The van der Waals surface area contributed by atoms with Gasteiger partial charge in [0.05, 0.1) is 0 Å². The van der Waals surface area contributed by atoms with Gasteiger partial charge in [0.1, 0.15) is 0 Å². The van der Waals surface area contributed by atoms with Crippen LogP contribution in [0.1, 0.15) is 44.1 Å². The second-order valence-electron chi connectivity index (χ2n) is 5.52. The van der Waals surface area contributed by atoms with Crippen molar-refractivity contribution in [2.45, 2.75) is 51.0 Å². The summed E-state index contributed by atoms with van der Waals surface area (Å²) in [5, 5.41) is 12.1. The van der Waals surface area contributed by atoms with Crippen molar-refractivity contribution in [2.75, 3.05) is 6.61 Å². The monoisotopic (exact) mass is 264 g/mol. The molecule has 1 heterocycles. The number of amides is 1. The Kier molecular flexibility index (Phi) is 5.45. The van der Waals surface area contributed by atoms with E-state index in [9.17, 15) is 4.79 Å². The maximum Gasteiger partial charge on any atom is 0.220 e. The number of aliphatic hydroxyl groups is 1. The lowest BCUT2D eigenvalue weighted by Gasteiger charge is -2.28. The molecule has 0 unspecified atom stereocenters. The number of nitrogens with one attached hydrogen (secondary N) is 2. The van der Waals surface area contributed by atoms with Crippen LogP contribution in [-0.4, -0.2) is 28.6 Å². The van der Waals surface area contributed by atoms with E-state index >= 15 is 0 Å². The third-order valence-electron chi connectivity index (χ3n) is 4.05. The van der Waals surface area contributed by atoms with Gasteiger partial charge >= 0.3 is 0 Å². The lowest BCUT2D eigenvalue weighted by Crippen LogP contribution is -2.37. The number of rotatable bonds is 6. The first-order valence-electron chi connectivity index (χ1n) is 7.30. The number of aryl methyl sites for hydroxylation is 1. The molecule has 0 atom stereocenters. The molecule has 2 rings (SSSR count). The maximum atomic E-state index is 11.9. The van der Waals surface area contributed by atoms with Crippen LogP contribution in [-0.2, 0) is 11.2 Å². The first-order valence-corrected chi connectivity index (χ1v) is 7.30. The van der Waals surface area contributed by atoms with Crippen LogP contribution in [0.25, 0.3) is 0 Å². The van der Waals surface area contributed by atoms with Gasteiger partial charge in [-0.25, -0.2) is 0 Å². The minimum Gasteiger partial charge on any atom is -0.396 e. The number of carbonyl (C=O) groups is 1. The molecular formula is C15H24N2O2.